The predicted octanol–water partition coefficient (Wildman–Crippen LogP) is 3.82. The molecule has 76 valence electrons. The highest BCUT2D eigenvalue weighted by Gasteiger charge is 2.16. The Morgan fingerprint density at radius 1 is 1.36 bits per heavy atom. The summed E-state index contributed by atoms with van der Waals surface area (Å²) in [6.45, 7) is 8.42. The topological polar surface area (TPSA) is 9.23 Å². The molecule has 0 N–H and O–H groups in total. The second-order valence-corrected chi connectivity index (χ2v) is 5.01. The van der Waals surface area contributed by atoms with Crippen LogP contribution in [0.3, 0.4) is 0 Å². The van der Waals surface area contributed by atoms with Gasteiger partial charge in [-0.15, -0.1) is 11.8 Å². The largest absolute Gasteiger partial charge is 0.360 e. The van der Waals surface area contributed by atoms with Gasteiger partial charge in [0.05, 0.1) is 6.61 Å². The molecule has 2 heteroatoms. The molecule has 1 nitrogen and oxygen atoms in total. The Hall–Kier alpha value is -0.730. The van der Waals surface area contributed by atoms with Gasteiger partial charge in [0.25, 0.3) is 0 Å². The van der Waals surface area contributed by atoms with Gasteiger partial charge in [0.1, 0.15) is 4.93 Å². The molecule has 14 heavy (non-hydrogen) atoms. The van der Waals surface area contributed by atoms with Gasteiger partial charge in [-0.1, -0.05) is 36.9 Å². The Kier molecular flexibility index (Phi) is 4.23. The first-order valence-electron chi connectivity index (χ1n) is 4.61. The quantitative estimate of drug-likeness (QED) is 0.680. The third kappa shape index (κ3) is 3.99. The van der Waals surface area contributed by atoms with Crippen molar-refractivity contribution in [2.24, 2.45) is 0 Å². The van der Waals surface area contributed by atoms with Gasteiger partial charge >= 0.3 is 0 Å². The molecule has 0 aliphatic heterocycles. The molecular formula is C12H16OS. The molecule has 0 heterocycles. The maximum Gasteiger partial charge on any atom is 0.112 e. The fraction of sp³-hybridized carbons (Fsp3) is 0.333. The van der Waals surface area contributed by atoms with Gasteiger partial charge in [0, 0.05) is 0 Å². The number of rotatable bonds is 5. The molecule has 1 rings (SSSR count). The van der Waals surface area contributed by atoms with Crippen LogP contribution in [0.4, 0.5) is 0 Å². The van der Waals surface area contributed by atoms with Gasteiger partial charge in [-0.25, -0.2) is 0 Å². The number of hydrogen-bond acceptors (Lipinski definition) is 2. The molecule has 0 unspecified atom stereocenters. The Bertz CT molecular complexity index is 280. The minimum absolute atomic E-state index is 0.197. The average Bonchev–Trinajstić information content (AvgIpc) is 2.17. The molecule has 0 aromatic heterocycles. The first-order chi connectivity index (χ1) is 6.64. The summed E-state index contributed by atoms with van der Waals surface area (Å²) in [5.41, 5.74) is 1.20. The standard InChI is InChI=1S/C12H16OS/c1-4-14-12(2,3)13-10-11-8-6-5-7-9-11/h4-9H,1,10H2,2-3H3. The van der Waals surface area contributed by atoms with Gasteiger partial charge in [-0.3, -0.25) is 0 Å². The molecule has 0 aliphatic carbocycles. The van der Waals surface area contributed by atoms with E-state index in [1.54, 1.807) is 11.8 Å². The molecule has 0 fully saturated rings. The maximum atomic E-state index is 5.75. The van der Waals surface area contributed by atoms with E-state index in [0.29, 0.717) is 6.61 Å². The van der Waals surface area contributed by atoms with Gasteiger partial charge in [-0.2, -0.15) is 0 Å². The molecule has 1 aromatic carbocycles. The molecular weight excluding hydrogens is 192 g/mol. The van der Waals surface area contributed by atoms with E-state index >= 15 is 0 Å². The smallest absolute Gasteiger partial charge is 0.112 e. The SMILES string of the molecule is C=CSC(C)(C)OCc1ccccc1. The Labute approximate surface area is 90.2 Å². The molecule has 0 atom stereocenters. The second kappa shape index (κ2) is 5.23. The monoisotopic (exact) mass is 208 g/mol. The van der Waals surface area contributed by atoms with Crippen molar-refractivity contribution in [2.45, 2.75) is 25.4 Å². The van der Waals surface area contributed by atoms with Crippen molar-refractivity contribution in [1.82, 2.24) is 0 Å². The third-order valence-corrected chi connectivity index (χ3v) is 2.65. The summed E-state index contributed by atoms with van der Waals surface area (Å²) in [5.74, 6) is 0. The molecule has 0 saturated carbocycles. The zero-order valence-corrected chi connectivity index (χ0v) is 9.51. The minimum atomic E-state index is -0.197. The molecule has 0 amide bonds. The van der Waals surface area contributed by atoms with E-state index in [1.807, 2.05) is 37.5 Å². The summed E-state index contributed by atoms with van der Waals surface area (Å²) in [7, 11) is 0. The average molecular weight is 208 g/mol. The molecule has 0 spiro atoms. The van der Waals surface area contributed by atoms with E-state index in [1.165, 1.54) is 5.56 Å². The van der Waals surface area contributed by atoms with Crippen molar-refractivity contribution < 1.29 is 4.74 Å². The van der Waals surface area contributed by atoms with Gasteiger partial charge in [-0.05, 0) is 24.8 Å². The summed E-state index contributed by atoms with van der Waals surface area (Å²) < 4.78 is 5.75. The summed E-state index contributed by atoms with van der Waals surface area (Å²) in [6.07, 6.45) is 0. The first kappa shape index (κ1) is 11.3. The highest BCUT2D eigenvalue weighted by Crippen LogP contribution is 2.27. The van der Waals surface area contributed by atoms with Crippen LogP contribution < -0.4 is 0 Å². The molecule has 0 radical (unpaired) electrons. The van der Waals surface area contributed by atoms with Crippen LogP contribution in [0.1, 0.15) is 19.4 Å². The highest BCUT2D eigenvalue weighted by molar-refractivity contribution is 8.03. The first-order valence-corrected chi connectivity index (χ1v) is 5.48. The van der Waals surface area contributed by atoms with Crippen LogP contribution in [-0.4, -0.2) is 4.93 Å². The fourth-order valence-corrected chi connectivity index (χ4v) is 1.59. The minimum Gasteiger partial charge on any atom is -0.360 e. The third-order valence-electron chi connectivity index (χ3n) is 1.80. The lowest BCUT2D eigenvalue weighted by Gasteiger charge is -2.22. The van der Waals surface area contributed by atoms with Gasteiger partial charge in [0.2, 0.25) is 0 Å². The van der Waals surface area contributed by atoms with E-state index in [2.05, 4.69) is 18.7 Å². The molecule has 1 aromatic rings. The molecule has 0 bridgehead atoms. The van der Waals surface area contributed by atoms with E-state index in [-0.39, 0.29) is 4.93 Å². The Morgan fingerprint density at radius 3 is 2.57 bits per heavy atom. The Morgan fingerprint density at radius 2 is 2.00 bits per heavy atom. The van der Waals surface area contributed by atoms with Gasteiger partial charge in [0.15, 0.2) is 0 Å². The summed E-state index contributed by atoms with van der Waals surface area (Å²) in [6, 6.07) is 10.2. The number of ether oxygens (including phenoxy) is 1. The van der Waals surface area contributed by atoms with E-state index in [0.717, 1.165) is 0 Å². The number of thioether (sulfide) groups is 1. The van der Waals surface area contributed by atoms with Crippen molar-refractivity contribution in [3.8, 4) is 0 Å². The van der Waals surface area contributed by atoms with Crippen LogP contribution in [-0.2, 0) is 11.3 Å². The normalized spacial score (nSPS) is 11.3. The van der Waals surface area contributed by atoms with Crippen molar-refractivity contribution in [3.63, 3.8) is 0 Å². The Balaban J connectivity index is 2.44. The fourth-order valence-electron chi connectivity index (χ4n) is 1.07. The lowest BCUT2D eigenvalue weighted by Crippen LogP contribution is -2.18. The maximum absolute atomic E-state index is 5.75. The van der Waals surface area contributed by atoms with E-state index in [9.17, 15) is 0 Å². The highest BCUT2D eigenvalue weighted by atomic mass is 32.2. The van der Waals surface area contributed by atoms with Crippen LogP contribution in [0.25, 0.3) is 0 Å². The van der Waals surface area contributed by atoms with Crippen LogP contribution >= 0.6 is 11.8 Å². The predicted molar refractivity (Wildman–Crippen MR) is 63.1 cm³/mol. The van der Waals surface area contributed by atoms with Crippen LogP contribution in [0.2, 0.25) is 0 Å². The molecule has 0 saturated heterocycles. The van der Waals surface area contributed by atoms with Crippen LogP contribution in [0.15, 0.2) is 42.3 Å². The van der Waals surface area contributed by atoms with Crippen molar-refractivity contribution in [1.29, 1.82) is 0 Å². The van der Waals surface area contributed by atoms with Crippen molar-refractivity contribution in [2.75, 3.05) is 0 Å². The number of benzene rings is 1. The summed E-state index contributed by atoms with van der Waals surface area (Å²) >= 11 is 1.59. The zero-order chi connectivity index (χ0) is 10.4. The lowest BCUT2D eigenvalue weighted by atomic mass is 10.2. The second-order valence-electron chi connectivity index (χ2n) is 3.46. The van der Waals surface area contributed by atoms with Crippen LogP contribution in [0.5, 0.6) is 0 Å². The van der Waals surface area contributed by atoms with Crippen molar-refractivity contribution >= 4 is 11.8 Å². The van der Waals surface area contributed by atoms with E-state index < -0.39 is 0 Å². The summed E-state index contributed by atoms with van der Waals surface area (Å²) in [4.78, 5) is -0.197. The van der Waals surface area contributed by atoms with Crippen molar-refractivity contribution in [3.05, 3.63) is 47.9 Å². The zero-order valence-electron chi connectivity index (χ0n) is 8.69. The van der Waals surface area contributed by atoms with Gasteiger partial charge < -0.3 is 4.74 Å². The van der Waals surface area contributed by atoms with E-state index in [4.69, 9.17) is 4.74 Å². The van der Waals surface area contributed by atoms with Crippen LogP contribution in [0, 0.1) is 0 Å². The molecule has 0 aliphatic rings. The lowest BCUT2D eigenvalue weighted by molar-refractivity contribution is 0.0401. The summed E-state index contributed by atoms with van der Waals surface area (Å²) in [5, 5.41) is 1.81. The number of hydrogen-bond donors (Lipinski definition) is 0.